The highest BCUT2D eigenvalue weighted by Gasteiger charge is 2.45. The van der Waals surface area contributed by atoms with E-state index in [0.29, 0.717) is 19.3 Å². The van der Waals surface area contributed by atoms with Crippen molar-refractivity contribution < 1.29 is 19.2 Å². The number of nitro groups is 1. The van der Waals surface area contributed by atoms with Crippen LogP contribution in [0, 0.1) is 10.1 Å². The maximum Gasteiger partial charge on any atom is 0.331 e. The molecule has 28 heavy (non-hydrogen) atoms. The molecule has 8 nitrogen and oxygen atoms in total. The van der Waals surface area contributed by atoms with Gasteiger partial charge in [-0.05, 0) is 49.3 Å². The highest BCUT2D eigenvalue weighted by Crippen LogP contribution is 2.40. The number of ether oxygens (including phenoxy) is 1. The van der Waals surface area contributed by atoms with Crippen molar-refractivity contribution in [3.63, 3.8) is 0 Å². The van der Waals surface area contributed by atoms with Crippen molar-refractivity contribution in [1.29, 1.82) is 0 Å². The van der Waals surface area contributed by atoms with Crippen molar-refractivity contribution >= 4 is 17.6 Å². The van der Waals surface area contributed by atoms with Gasteiger partial charge in [-0.3, -0.25) is 19.9 Å². The van der Waals surface area contributed by atoms with E-state index in [1.807, 2.05) is 0 Å². The minimum atomic E-state index is -1.16. The molecule has 2 unspecified atom stereocenters. The Morgan fingerprint density at radius 1 is 1.25 bits per heavy atom. The van der Waals surface area contributed by atoms with E-state index in [1.165, 1.54) is 25.4 Å². The van der Waals surface area contributed by atoms with Gasteiger partial charge in [-0.25, -0.2) is 4.79 Å². The molecule has 146 valence electrons. The first kappa shape index (κ1) is 19.5. The van der Waals surface area contributed by atoms with Gasteiger partial charge < -0.3 is 10.1 Å². The van der Waals surface area contributed by atoms with E-state index in [-0.39, 0.29) is 17.3 Å². The molecule has 1 aliphatic rings. The third-order valence-electron chi connectivity index (χ3n) is 5.15. The van der Waals surface area contributed by atoms with Gasteiger partial charge in [-0.15, -0.1) is 0 Å². The molecule has 0 aliphatic heterocycles. The first-order chi connectivity index (χ1) is 13.4. The molecule has 1 aromatic heterocycles. The Kier molecular flexibility index (Phi) is 5.67. The number of amides is 1. The van der Waals surface area contributed by atoms with Crippen LogP contribution < -0.4 is 5.32 Å². The van der Waals surface area contributed by atoms with Crippen molar-refractivity contribution in [2.75, 3.05) is 7.11 Å². The van der Waals surface area contributed by atoms with Crippen LogP contribution in [0.1, 0.15) is 47.7 Å². The number of hydrogen-bond acceptors (Lipinski definition) is 6. The molecule has 2 aromatic rings. The van der Waals surface area contributed by atoms with E-state index in [0.717, 1.165) is 12.0 Å². The number of esters is 1. The minimum absolute atomic E-state index is 0.0160. The van der Waals surface area contributed by atoms with Crippen LogP contribution in [0.5, 0.6) is 0 Å². The fourth-order valence-corrected chi connectivity index (χ4v) is 3.75. The number of methoxy groups -OCH3 is 1. The van der Waals surface area contributed by atoms with Crippen LogP contribution in [-0.4, -0.2) is 34.4 Å². The van der Waals surface area contributed by atoms with Gasteiger partial charge in [0.15, 0.2) is 0 Å². The lowest BCUT2D eigenvalue weighted by Crippen LogP contribution is -2.57. The molecule has 2 atom stereocenters. The summed E-state index contributed by atoms with van der Waals surface area (Å²) in [6.45, 7) is 0. The first-order valence-electron chi connectivity index (χ1n) is 9.01. The zero-order chi connectivity index (χ0) is 20.1. The van der Waals surface area contributed by atoms with Crippen LogP contribution in [0.15, 0.2) is 48.7 Å². The fraction of sp³-hybridized carbons (Fsp3) is 0.350. The number of rotatable bonds is 5. The number of pyridine rings is 1. The number of aromatic nitrogens is 1. The minimum Gasteiger partial charge on any atom is -0.467 e. The molecule has 1 fully saturated rings. The monoisotopic (exact) mass is 383 g/mol. The molecule has 0 spiro atoms. The summed E-state index contributed by atoms with van der Waals surface area (Å²) in [4.78, 5) is 39.7. The van der Waals surface area contributed by atoms with Gasteiger partial charge in [-0.2, -0.15) is 0 Å². The Morgan fingerprint density at radius 3 is 2.61 bits per heavy atom. The molecular formula is C20H21N3O5. The van der Waals surface area contributed by atoms with E-state index in [4.69, 9.17) is 4.74 Å². The highest BCUT2D eigenvalue weighted by molar-refractivity contribution is 5.96. The molecule has 0 radical (unpaired) electrons. The average Bonchev–Trinajstić information content (AvgIpc) is 2.74. The molecule has 8 heteroatoms. The lowest BCUT2D eigenvalue weighted by Gasteiger charge is -2.39. The Labute approximate surface area is 162 Å². The van der Waals surface area contributed by atoms with Crippen LogP contribution in [-0.2, 0) is 9.53 Å². The van der Waals surface area contributed by atoms with Crippen LogP contribution in [0.3, 0.4) is 0 Å². The van der Waals surface area contributed by atoms with Crippen molar-refractivity contribution in [3.05, 3.63) is 70.0 Å². The number of hydrogen-bond donors (Lipinski definition) is 1. The van der Waals surface area contributed by atoms with Crippen molar-refractivity contribution in [2.24, 2.45) is 0 Å². The molecule has 1 N–H and O–H groups in total. The molecule has 3 rings (SSSR count). The summed E-state index contributed by atoms with van der Waals surface area (Å²) in [5.41, 5.74) is -0.0234. The standard InChI is InChI=1S/C20H21N3O5/c1-28-19(25)20(22-18(24)17-6-2-3-12-21-17)11-4-5-15(13-20)14-7-9-16(10-8-14)23(26)27/h2-3,6-10,12,15H,4-5,11,13H2,1H3,(H,22,24). The number of carbonyl (C=O) groups excluding carboxylic acids is 2. The van der Waals surface area contributed by atoms with E-state index in [1.54, 1.807) is 30.3 Å². The van der Waals surface area contributed by atoms with Crippen molar-refractivity contribution in [2.45, 2.75) is 37.1 Å². The maximum atomic E-state index is 12.6. The second kappa shape index (κ2) is 8.16. The number of nitrogens with zero attached hydrogens (tertiary/aromatic N) is 2. The third kappa shape index (κ3) is 4.00. The topological polar surface area (TPSA) is 111 Å². The average molecular weight is 383 g/mol. The van der Waals surface area contributed by atoms with Gasteiger partial charge in [0, 0.05) is 18.3 Å². The summed E-state index contributed by atoms with van der Waals surface area (Å²) in [6.07, 6.45) is 3.85. The number of carbonyl (C=O) groups is 2. The molecule has 1 heterocycles. The molecule has 0 bridgehead atoms. The summed E-state index contributed by atoms with van der Waals surface area (Å²) < 4.78 is 5.00. The van der Waals surface area contributed by atoms with Gasteiger partial charge in [0.25, 0.3) is 11.6 Å². The zero-order valence-corrected chi connectivity index (χ0v) is 15.5. The smallest absolute Gasteiger partial charge is 0.331 e. The Bertz CT molecular complexity index is 869. The quantitative estimate of drug-likeness (QED) is 0.483. The lowest BCUT2D eigenvalue weighted by molar-refractivity contribution is -0.384. The van der Waals surface area contributed by atoms with Gasteiger partial charge >= 0.3 is 5.97 Å². The maximum absolute atomic E-state index is 12.6. The number of nitrogens with one attached hydrogen (secondary N) is 1. The zero-order valence-electron chi connectivity index (χ0n) is 15.5. The summed E-state index contributed by atoms with van der Waals surface area (Å²) in [5.74, 6) is -0.962. The Hall–Kier alpha value is -3.29. The highest BCUT2D eigenvalue weighted by atomic mass is 16.6. The summed E-state index contributed by atoms with van der Waals surface area (Å²) in [6, 6.07) is 11.3. The fourth-order valence-electron chi connectivity index (χ4n) is 3.75. The summed E-state index contributed by atoms with van der Waals surface area (Å²) in [5, 5.41) is 13.7. The Balaban J connectivity index is 1.85. The van der Waals surface area contributed by atoms with Crippen LogP contribution in [0.25, 0.3) is 0 Å². The van der Waals surface area contributed by atoms with Gasteiger partial charge in [0.2, 0.25) is 0 Å². The van der Waals surface area contributed by atoms with E-state index >= 15 is 0 Å². The molecule has 1 amide bonds. The summed E-state index contributed by atoms with van der Waals surface area (Å²) in [7, 11) is 1.30. The Morgan fingerprint density at radius 2 is 2.00 bits per heavy atom. The van der Waals surface area contributed by atoms with Crippen molar-refractivity contribution in [3.8, 4) is 0 Å². The normalized spacial score (nSPS) is 21.5. The van der Waals surface area contributed by atoms with E-state index in [9.17, 15) is 19.7 Å². The van der Waals surface area contributed by atoms with Crippen LogP contribution in [0.4, 0.5) is 5.69 Å². The van der Waals surface area contributed by atoms with Crippen LogP contribution in [0.2, 0.25) is 0 Å². The predicted molar refractivity (Wildman–Crippen MR) is 101 cm³/mol. The molecule has 1 aromatic carbocycles. The largest absolute Gasteiger partial charge is 0.467 e. The molecule has 0 saturated heterocycles. The summed E-state index contributed by atoms with van der Waals surface area (Å²) >= 11 is 0. The van der Waals surface area contributed by atoms with Gasteiger partial charge in [0.1, 0.15) is 11.2 Å². The second-order valence-electron chi connectivity index (χ2n) is 6.88. The lowest BCUT2D eigenvalue weighted by atomic mass is 9.73. The first-order valence-corrected chi connectivity index (χ1v) is 9.01. The van der Waals surface area contributed by atoms with Gasteiger partial charge in [-0.1, -0.05) is 18.2 Å². The van der Waals surface area contributed by atoms with E-state index in [2.05, 4.69) is 10.3 Å². The SMILES string of the molecule is COC(=O)C1(NC(=O)c2ccccn2)CCCC(c2ccc([N+](=O)[O-])cc2)C1. The second-order valence-corrected chi connectivity index (χ2v) is 6.88. The molecule has 1 saturated carbocycles. The number of non-ortho nitro benzene ring substituents is 1. The number of benzene rings is 1. The molecular weight excluding hydrogens is 362 g/mol. The van der Waals surface area contributed by atoms with E-state index < -0.39 is 22.3 Å². The van der Waals surface area contributed by atoms with Crippen molar-refractivity contribution in [1.82, 2.24) is 10.3 Å². The number of nitro benzene ring substituents is 1. The van der Waals surface area contributed by atoms with Gasteiger partial charge in [0.05, 0.1) is 12.0 Å². The third-order valence-corrected chi connectivity index (χ3v) is 5.15. The predicted octanol–water partition coefficient (Wildman–Crippen LogP) is 2.99. The van der Waals surface area contributed by atoms with Crippen LogP contribution >= 0.6 is 0 Å². The molecule has 1 aliphatic carbocycles.